The largest absolute Gasteiger partial charge is 0.335 e. The molecule has 0 spiro atoms. The van der Waals surface area contributed by atoms with Gasteiger partial charge in [0.2, 0.25) is 0 Å². The standard InChI is InChI=1S/C10H18N4O2S/c1-14(10(7-11)4-2-3-5-10)17(15,16)9-6-12-8-13-9/h6,8H,2-5,7,11H2,1H3,(H,12,13). The van der Waals surface area contributed by atoms with Gasteiger partial charge < -0.3 is 10.7 Å². The maximum Gasteiger partial charge on any atom is 0.260 e. The summed E-state index contributed by atoms with van der Waals surface area (Å²) in [6, 6.07) is 0. The number of hydrogen-bond donors (Lipinski definition) is 2. The number of nitrogens with one attached hydrogen (secondary N) is 1. The molecule has 0 amide bonds. The molecule has 1 saturated carbocycles. The molecule has 0 aliphatic heterocycles. The van der Waals surface area contributed by atoms with Crippen LogP contribution in [0.1, 0.15) is 25.7 Å². The fourth-order valence-corrected chi connectivity index (χ4v) is 3.93. The van der Waals surface area contributed by atoms with Crippen LogP contribution in [0.4, 0.5) is 0 Å². The summed E-state index contributed by atoms with van der Waals surface area (Å²) in [5.41, 5.74) is 5.36. The van der Waals surface area contributed by atoms with E-state index in [4.69, 9.17) is 5.73 Å². The number of nitrogens with zero attached hydrogens (tertiary/aromatic N) is 2. The van der Waals surface area contributed by atoms with Crippen molar-refractivity contribution in [2.75, 3.05) is 13.6 Å². The smallest absolute Gasteiger partial charge is 0.260 e. The van der Waals surface area contributed by atoms with Crippen molar-refractivity contribution in [3.05, 3.63) is 12.5 Å². The fraction of sp³-hybridized carbons (Fsp3) is 0.700. The van der Waals surface area contributed by atoms with Crippen LogP contribution in [0.3, 0.4) is 0 Å². The summed E-state index contributed by atoms with van der Waals surface area (Å²) in [4.78, 5) is 6.39. The Bertz CT molecular complexity index is 463. The molecule has 2 rings (SSSR count). The number of imidazole rings is 1. The van der Waals surface area contributed by atoms with Crippen LogP contribution in [0.15, 0.2) is 17.6 Å². The highest BCUT2D eigenvalue weighted by atomic mass is 32.2. The van der Waals surface area contributed by atoms with Gasteiger partial charge in [0.15, 0.2) is 5.03 Å². The van der Waals surface area contributed by atoms with E-state index >= 15 is 0 Å². The quantitative estimate of drug-likeness (QED) is 0.812. The van der Waals surface area contributed by atoms with E-state index in [9.17, 15) is 8.42 Å². The Balaban J connectivity index is 2.34. The SMILES string of the molecule is CN(C1(CN)CCCC1)S(=O)(=O)c1cnc[nH]1. The second kappa shape index (κ2) is 4.40. The van der Waals surface area contributed by atoms with Crippen molar-refractivity contribution < 1.29 is 8.42 Å². The molecule has 0 bridgehead atoms. The first-order valence-corrected chi connectivity index (χ1v) is 7.14. The van der Waals surface area contributed by atoms with Crippen molar-refractivity contribution in [3.8, 4) is 0 Å². The molecule has 0 atom stereocenters. The first kappa shape index (κ1) is 12.5. The molecule has 1 aliphatic rings. The molecule has 1 heterocycles. The molecule has 1 fully saturated rings. The highest BCUT2D eigenvalue weighted by Gasteiger charge is 2.43. The molecule has 0 saturated heterocycles. The Morgan fingerprint density at radius 2 is 2.18 bits per heavy atom. The lowest BCUT2D eigenvalue weighted by atomic mass is 9.98. The first-order valence-electron chi connectivity index (χ1n) is 5.70. The summed E-state index contributed by atoms with van der Waals surface area (Å²) in [5, 5.41) is 0.125. The monoisotopic (exact) mass is 258 g/mol. The molecule has 7 heteroatoms. The van der Waals surface area contributed by atoms with Crippen LogP contribution in [-0.4, -0.2) is 41.8 Å². The fourth-order valence-electron chi connectivity index (χ4n) is 2.47. The number of nitrogens with two attached hydrogens (primary N) is 1. The summed E-state index contributed by atoms with van der Waals surface area (Å²) in [7, 11) is -1.91. The van der Waals surface area contributed by atoms with Crippen molar-refractivity contribution in [3.63, 3.8) is 0 Å². The molecule has 1 aromatic rings. The van der Waals surface area contributed by atoms with Crippen molar-refractivity contribution in [1.82, 2.24) is 14.3 Å². The first-order chi connectivity index (χ1) is 8.03. The number of likely N-dealkylation sites (N-methyl/N-ethyl adjacent to an activating group) is 1. The maximum absolute atomic E-state index is 12.3. The number of aromatic nitrogens is 2. The second-order valence-corrected chi connectivity index (χ2v) is 6.46. The zero-order chi connectivity index (χ0) is 12.5. The van der Waals surface area contributed by atoms with E-state index < -0.39 is 15.6 Å². The number of aromatic amines is 1. The van der Waals surface area contributed by atoms with Gasteiger partial charge in [0.25, 0.3) is 10.0 Å². The number of rotatable bonds is 4. The van der Waals surface area contributed by atoms with Crippen LogP contribution in [0.2, 0.25) is 0 Å². The highest BCUT2D eigenvalue weighted by molar-refractivity contribution is 7.89. The van der Waals surface area contributed by atoms with Crippen LogP contribution in [0.25, 0.3) is 0 Å². The number of hydrogen-bond acceptors (Lipinski definition) is 4. The van der Waals surface area contributed by atoms with Gasteiger partial charge in [-0.2, -0.15) is 4.31 Å². The highest BCUT2D eigenvalue weighted by Crippen LogP contribution is 2.36. The van der Waals surface area contributed by atoms with E-state index in [1.807, 2.05) is 0 Å². The van der Waals surface area contributed by atoms with Gasteiger partial charge in [-0.05, 0) is 12.8 Å². The normalized spacial score (nSPS) is 19.9. The lowest BCUT2D eigenvalue weighted by Crippen LogP contribution is -2.52. The van der Waals surface area contributed by atoms with E-state index in [1.165, 1.54) is 16.8 Å². The van der Waals surface area contributed by atoms with Crippen LogP contribution in [0, 0.1) is 0 Å². The Labute approximate surface area is 101 Å². The topological polar surface area (TPSA) is 92.1 Å². The molecule has 1 aliphatic carbocycles. The Morgan fingerprint density at radius 1 is 1.53 bits per heavy atom. The zero-order valence-electron chi connectivity index (χ0n) is 9.89. The van der Waals surface area contributed by atoms with Crippen LogP contribution in [0.5, 0.6) is 0 Å². The summed E-state index contributed by atoms with van der Waals surface area (Å²) >= 11 is 0. The minimum Gasteiger partial charge on any atom is -0.335 e. The van der Waals surface area contributed by atoms with Crippen molar-refractivity contribution in [2.45, 2.75) is 36.2 Å². The van der Waals surface area contributed by atoms with E-state index in [-0.39, 0.29) is 5.03 Å². The third-order valence-corrected chi connectivity index (χ3v) is 5.58. The lowest BCUT2D eigenvalue weighted by molar-refractivity contribution is 0.230. The van der Waals surface area contributed by atoms with E-state index in [2.05, 4.69) is 9.97 Å². The summed E-state index contributed by atoms with van der Waals surface area (Å²) in [5.74, 6) is 0. The molecule has 0 unspecified atom stereocenters. The van der Waals surface area contributed by atoms with Crippen LogP contribution < -0.4 is 5.73 Å². The third-order valence-electron chi connectivity index (χ3n) is 3.69. The third kappa shape index (κ3) is 1.98. The van der Waals surface area contributed by atoms with Crippen LogP contribution >= 0.6 is 0 Å². The second-order valence-electron chi connectivity index (χ2n) is 4.52. The molecular formula is C10H18N4O2S. The van der Waals surface area contributed by atoms with Gasteiger partial charge in [-0.15, -0.1) is 0 Å². The van der Waals surface area contributed by atoms with E-state index in [1.54, 1.807) is 7.05 Å². The minimum absolute atomic E-state index is 0.125. The van der Waals surface area contributed by atoms with Crippen LogP contribution in [-0.2, 0) is 10.0 Å². The van der Waals surface area contributed by atoms with Crippen molar-refractivity contribution in [2.24, 2.45) is 5.73 Å². The van der Waals surface area contributed by atoms with Gasteiger partial charge in [0.1, 0.15) is 0 Å². The van der Waals surface area contributed by atoms with E-state index in [0.717, 1.165) is 25.7 Å². The zero-order valence-corrected chi connectivity index (χ0v) is 10.7. The van der Waals surface area contributed by atoms with Gasteiger partial charge in [-0.25, -0.2) is 13.4 Å². The number of H-pyrrole nitrogens is 1. The van der Waals surface area contributed by atoms with Gasteiger partial charge in [-0.1, -0.05) is 12.8 Å². The predicted molar refractivity (Wildman–Crippen MR) is 63.8 cm³/mol. The average molecular weight is 258 g/mol. The average Bonchev–Trinajstić information content (AvgIpc) is 3.00. The molecule has 96 valence electrons. The van der Waals surface area contributed by atoms with Gasteiger partial charge in [-0.3, -0.25) is 0 Å². The molecule has 1 aromatic heterocycles. The summed E-state index contributed by atoms with van der Waals surface area (Å²) in [6.45, 7) is 0.358. The Kier molecular flexibility index (Phi) is 3.24. The molecule has 0 radical (unpaired) electrons. The van der Waals surface area contributed by atoms with E-state index in [0.29, 0.717) is 6.54 Å². The van der Waals surface area contributed by atoms with Gasteiger partial charge in [0, 0.05) is 19.1 Å². The summed E-state index contributed by atoms with van der Waals surface area (Å²) in [6.07, 6.45) is 6.40. The molecule has 17 heavy (non-hydrogen) atoms. The molecule has 6 nitrogen and oxygen atoms in total. The van der Waals surface area contributed by atoms with Crippen molar-refractivity contribution >= 4 is 10.0 Å². The van der Waals surface area contributed by atoms with Gasteiger partial charge >= 0.3 is 0 Å². The number of sulfonamides is 1. The Morgan fingerprint density at radius 3 is 2.65 bits per heavy atom. The van der Waals surface area contributed by atoms with Gasteiger partial charge in [0.05, 0.1) is 12.5 Å². The molecule has 3 N–H and O–H groups in total. The maximum atomic E-state index is 12.3. The predicted octanol–water partition coefficient (Wildman–Crippen LogP) is 0.302. The lowest BCUT2D eigenvalue weighted by Gasteiger charge is -2.36. The molecular weight excluding hydrogens is 240 g/mol. The minimum atomic E-state index is -3.51. The summed E-state index contributed by atoms with van der Waals surface area (Å²) < 4.78 is 26.1. The Hall–Kier alpha value is -0.920. The van der Waals surface area contributed by atoms with Crippen molar-refractivity contribution in [1.29, 1.82) is 0 Å². The molecule has 0 aromatic carbocycles.